The predicted molar refractivity (Wildman–Crippen MR) is 64.2 cm³/mol. The van der Waals surface area contributed by atoms with Gasteiger partial charge in [-0.25, -0.2) is 0 Å². The van der Waals surface area contributed by atoms with Gasteiger partial charge in [0.25, 0.3) is 0 Å². The highest BCUT2D eigenvalue weighted by molar-refractivity contribution is 4.77. The van der Waals surface area contributed by atoms with Crippen molar-refractivity contribution in [3.8, 4) is 0 Å². The van der Waals surface area contributed by atoms with Crippen LogP contribution in [0, 0.1) is 0 Å². The van der Waals surface area contributed by atoms with Gasteiger partial charge in [-0.2, -0.15) is 0 Å². The van der Waals surface area contributed by atoms with E-state index in [-0.39, 0.29) is 12.4 Å². The van der Waals surface area contributed by atoms with Crippen molar-refractivity contribution >= 4 is 0 Å². The van der Waals surface area contributed by atoms with Crippen LogP contribution in [0.15, 0.2) is 12.7 Å². The molecule has 1 N–H and O–H groups in total. The van der Waals surface area contributed by atoms with Crippen LogP contribution in [0.4, 0.5) is 0 Å². The van der Waals surface area contributed by atoms with E-state index in [1.54, 1.807) is 6.08 Å². The molecule has 0 saturated carbocycles. The van der Waals surface area contributed by atoms with Gasteiger partial charge in [0.15, 0.2) is 6.29 Å². The molecule has 94 valence electrons. The zero-order chi connectivity index (χ0) is 11.6. The number of hydrogen-bond donors (Lipinski definition) is 1. The summed E-state index contributed by atoms with van der Waals surface area (Å²) >= 11 is 0. The smallest absolute Gasteiger partial charge is 0.157 e. The van der Waals surface area contributed by atoms with Gasteiger partial charge in [0.2, 0.25) is 0 Å². The molecule has 1 aliphatic rings. The molecule has 0 radical (unpaired) electrons. The molecular formula is C13H24O3. The van der Waals surface area contributed by atoms with Crippen LogP contribution in [-0.2, 0) is 9.47 Å². The fraction of sp³-hybridized carbons (Fsp3) is 0.846. The summed E-state index contributed by atoms with van der Waals surface area (Å²) in [5, 5.41) is 9.25. The van der Waals surface area contributed by atoms with E-state index in [4.69, 9.17) is 9.47 Å². The van der Waals surface area contributed by atoms with Gasteiger partial charge >= 0.3 is 0 Å². The van der Waals surface area contributed by atoms with Crippen LogP contribution in [0.3, 0.4) is 0 Å². The fourth-order valence-corrected chi connectivity index (χ4v) is 1.81. The van der Waals surface area contributed by atoms with Crippen LogP contribution in [0.5, 0.6) is 0 Å². The van der Waals surface area contributed by atoms with Gasteiger partial charge < -0.3 is 14.6 Å². The first-order chi connectivity index (χ1) is 7.83. The average molecular weight is 228 g/mol. The average Bonchev–Trinajstić information content (AvgIpc) is 2.34. The summed E-state index contributed by atoms with van der Waals surface area (Å²) in [4.78, 5) is 0. The van der Waals surface area contributed by atoms with Gasteiger partial charge in [-0.05, 0) is 32.1 Å². The number of hydrogen-bond acceptors (Lipinski definition) is 3. The number of unbranched alkanes of at least 4 members (excludes halogenated alkanes) is 2. The van der Waals surface area contributed by atoms with E-state index in [1.807, 2.05) is 0 Å². The van der Waals surface area contributed by atoms with Crippen LogP contribution >= 0.6 is 0 Å². The molecule has 16 heavy (non-hydrogen) atoms. The lowest BCUT2D eigenvalue weighted by molar-refractivity contribution is -0.162. The third-order valence-electron chi connectivity index (χ3n) is 2.86. The van der Waals surface area contributed by atoms with E-state index in [0.717, 1.165) is 45.3 Å². The minimum Gasteiger partial charge on any atom is -0.389 e. The second kappa shape index (κ2) is 8.74. The van der Waals surface area contributed by atoms with Gasteiger partial charge in [0.05, 0.1) is 6.10 Å². The highest BCUT2D eigenvalue weighted by Crippen LogP contribution is 2.14. The monoisotopic (exact) mass is 228 g/mol. The molecule has 0 aromatic rings. The van der Waals surface area contributed by atoms with Crippen molar-refractivity contribution in [3.63, 3.8) is 0 Å². The van der Waals surface area contributed by atoms with E-state index in [9.17, 15) is 5.11 Å². The topological polar surface area (TPSA) is 38.7 Å². The lowest BCUT2D eigenvalue weighted by Gasteiger charge is -2.22. The van der Waals surface area contributed by atoms with Gasteiger partial charge in [0.1, 0.15) is 0 Å². The maximum absolute atomic E-state index is 9.25. The molecule has 1 fully saturated rings. The van der Waals surface area contributed by atoms with Gasteiger partial charge in [-0.1, -0.05) is 18.9 Å². The van der Waals surface area contributed by atoms with Crippen LogP contribution in [0.2, 0.25) is 0 Å². The molecule has 1 rings (SSSR count). The Hall–Kier alpha value is -0.380. The molecule has 0 spiro atoms. The van der Waals surface area contributed by atoms with Crippen molar-refractivity contribution in [1.82, 2.24) is 0 Å². The summed E-state index contributed by atoms with van der Waals surface area (Å²) in [5.74, 6) is 0. The van der Waals surface area contributed by atoms with Crippen LogP contribution < -0.4 is 0 Å². The molecule has 0 aliphatic carbocycles. The number of ether oxygens (including phenoxy) is 2. The Kier molecular flexibility index (Phi) is 7.47. The van der Waals surface area contributed by atoms with Crippen molar-refractivity contribution < 1.29 is 14.6 Å². The zero-order valence-corrected chi connectivity index (χ0v) is 10.1. The largest absolute Gasteiger partial charge is 0.389 e. The van der Waals surface area contributed by atoms with Crippen molar-refractivity contribution in [2.45, 2.75) is 57.3 Å². The summed E-state index contributed by atoms with van der Waals surface area (Å²) in [6.07, 6.45) is 8.68. The van der Waals surface area contributed by atoms with Crippen molar-refractivity contribution in [2.75, 3.05) is 13.2 Å². The molecule has 1 saturated heterocycles. The van der Waals surface area contributed by atoms with E-state index in [2.05, 4.69) is 6.58 Å². The third-order valence-corrected chi connectivity index (χ3v) is 2.86. The molecule has 3 nitrogen and oxygen atoms in total. The molecule has 0 aromatic carbocycles. The normalized spacial score (nSPS) is 22.9. The summed E-state index contributed by atoms with van der Waals surface area (Å²) < 4.78 is 11.1. The van der Waals surface area contributed by atoms with E-state index in [0.29, 0.717) is 0 Å². The highest BCUT2D eigenvalue weighted by atomic mass is 16.7. The highest BCUT2D eigenvalue weighted by Gasteiger charge is 2.13. The van der Waals surface area contributed by atoms with E-state index < -0.39 is 0 Å². The Morgan fingerprint density at radius 1 is 1.38 bits per heavy atom. The standard InChI is InChI=1S/C13H24O3/c1-2-12(14)8-4-3-6-10-15-13-9-5-7-11-16-13/h2,12-14H,1,3-11H2/t12-,13?/m1/s1. The Balaban J connectivity index is 1.85. The summed E-state index contributed by atoms with van der Waals surface area (Å²) in [6.45, 7) is 5.16. The molecule has 3 heteroatoms. The first-order valence-corrected chi connectivity index (χ1v) is 6.37. The summed E-state index contributed by atoms with van der Waals surface area (Å²) in [7, 11) is 0. The molecule has 0 bridgehead atoms. The van der Waals surface area contributed by atoms with Gasteiger partial charge in [-0.15, -0.1) is 6.58 Å². The second-order valence-electron chi connectivity index (χ2n) is 4.32. The Morgan fingerprint density at radius 2 is 2.25 bits per heavy atom. The quantitative estimate of drug-likeness (QED) is 0.512. The second-order valence-corrected chi connectivity index (χ2v) is 4.32. The Labute approximate surface area is 98.4 Å². The molecule has 1 heterocycles. The van der Waals surface area contributed by atoms with Crippen molar-refractivity contribution in [1.29, 1.82) is 0 Å². The van der Waals surface area contributed by atoms with E-state index >= 15 is 0 Å². The van der Waals surface area contributed by atoms with Crippen molar-refractivity contribution in [2.24, 2.45) is 0 Å². The maximum atomic E-state index is 9.25. The fourth-order valence-electron chi connectivity index (χ4n) is 1.81. The maximum Gasteiger partial charge on any atom is 0.157 e. The van der Waals surface area contributed by atoms with E-state index in [1.165, 1.54) is 12.8 Å². The van der Waals surface area contributed by atoms with Gasteiger partial charge in [-0.3, -0.25) is 0 Å². The predicted octanol–water partition coefficient (Wildman–Crippen LogP) is 2.64. The minimum absolute atomic E-state index is 0.0347. The van der Waals surface area contributed by atoms with Crippen LogP contribution in [0.1, 0.15) is 44.9 Å². The van der Waals surface area contributed by atoms with Gasteiger partial charge in [0, 0.05) is 13.2 Å². The lowest BCUT2D eigenvalue weighted by atomic mass is 10.1. The first-order valence-electron chi connectivity index (χ1n) is 6.37. The molecule has 0 amide bonds. The number of aliphatic hydroxyl groups excluding tert-OH is 1. The Morgan fingerprint density at radius 3 is 2.94 bits per heavy atom. The minimum atomic E-state index is -0.345. The summed E-state index contributed by atoms with van der Waals surface area (Å²) in [5.41, 5.74) is 0. The number of rotatable bonds is 8. The third kappa shape index (κ3) is 6.26. The van der Waals surface area contributed by atoms with Crippen molar-refractivity contribution in [3.05, 3.63) is 12.7 Å². The SMILES string of the molecule is C=C[C@@H](O)CCCCCOC1CCCCO1. The lowest BCUT2D eigenvalue weighted by Crippen LogP contribution is -2.22. The molecule has 0 aromatic heterocycles. The number of aliphatic hydroxyl groups is 1. The molecular weight excluding hydrogens is 204 g/mol. The van der Waals surface area contributed by atoms with Crippen LogP contribution in [0.25, 0.3) is 0 Å². The molecule has 1 aliphatic heterocycles. The summed E-state index contributed by atoms with van der Waals surface area (Å²) in [6, 6.07) is 0. The molecule has 2 atom stereocenters. The van der Waals surface area contributed by atoms with Crippen LogP contribution in [-0.4, -0.2) is 30.7 Å². The zero-order valence-electron chi connectivity index (χ0n) is 10.1. The Bertz CT molecular complexity index is 176. The first kappa shape index (κ1) is 13.7. The molecule has 1 unspecified atom stereocenters.